The molecule has 0 radical (unpaired) electrons. The topological polar surface area (TPSA) is 134 Å². The number of methoxy groups -OCH3 is 2. The van der Waals surface area contributed by atoms with E-state index < -0.39 is 40.6 Å². The Hall–Kier alpha value is -4.02. The van der Waals surface area contributed by atoms with Crippen molar-refractivity contribution in [1.29, 1.82) is 0 Å². The fourth-order valence-electron chi connectivity index (χ4n) is 2.36. The van der Waals surface area contributed by atoms with Gasteiger partial charge in [0.25, 0.3) is 11.6 Å². The SMILES string of the molecule is COc1ccc(C=O)c(C(=O)OCC(=O)Nc2cc([N+](=O)[O-])ccc2F)c1OC. The van der Waals surface area contributed by atoms with E-state index in [0.717, 1.165) is 18.2 Å². The Bertz CT molecular complexity index is 977. The highest BCUT2D eigenvalue weighted by Gasteiger charge is 2.23. The second kappa shape index (κ2) is 9.26. The summed E-state index contributed by atoms with van der Waals surface area (Å²) in [7, 11) is 2.58. The van der Waals surface area contributed by atoms with Crippen LogP contribution < -0.4 is 14.8 Å². The largest absolute Gasteiger partial charge is 0.493 e. The number of non-ortho nitro benzene ring substituents is 1. The molecule has 0 aliphatic rings. The number of nitrogens with one attached hydrogen (secondary N) is 1. The average Bonchev–Trinajstić information content (AvgIpc) is 2.72. The lowest BCUT2D eigenvalue weighted by atomic mass is 10.1. The smallest absolute Gasteiger partial charge is 0.343 e. The normalized spacial score (nSPS) is 10.0. The summed E-state index contributed by atoms with van der Waals surface area (Å²) in [4.78, 5) is 45.6. The van der Waals surface area contributed by atoms with E-state index in [-0.39, 0.29) is 22.6 Å². The van der Waals surface area contributed by atoms with Gasteiger partial charge in [0.2, 0.25) is 0 Å². The molecule has 0 spiro atoms. The molecule has 29 heavy (non-hydrogen) atoms. The van der Waals surface area contributed by atoms with E-state index in [9.17, 15) is 28.9 Å². The number of ether oxygens (including phenoxy) is 3. The second-order valence-corrected chi connectivity index (χ2v) is 5.43. The number of amides is 1. The van der Waals surface area contributed by atoms with Crippen molar-refractivity contribution in [2.75, 3.05) is 26.1 Å². The molecule has 0 unspecified atom stereocenters. The highest BCUT2D eigenvalue weighted by atomic mass is 19.1. The molecular formula is C18H15FN2O8. The Morgan fingerprint density at radius 3 is 2.52 bits per heavy atom. The van der Waals surface area contributed by atoms with Crippen LogP contribution in [0.15, 0.2) is 30.3 Å². The van der Waals surface area contributed by atoms with Gasteiger partial charge in [0.05, 0.1) is 24.8 Å². The van der Waals surface area contributed by atoms with Gasteiger partial charge < -0.3 is 19.5 Å². The summed E-state index contributed by atoms with van der Waals surface area (Å²) in [6.45, 7) is -0.848. The van der Waals surface area contributed by atoms with Crippen LogP contribution in [0.2, 0.25) is 0 Å². The first kappa shape index (κ1) is 21.3. The average molecular weight is 406 g/mol. The summed E-state index contributed by atoms with van der Waals surface area (Å²) in [6, 6.07) is 5.30. The van der Waals surface area contributed by atoms with Crippen LogP contribution in [0.25, 0.3) is 0 Å². The fraction of sp³-hybridized carbons (Fsp3) is 0.167. The minimum absolute atomic E-state index is 0.0576. The monoisotopic (exact) mass is 406 g/mol. The Labute approximate surface area is 163 Å². The minimum Gasteiger partial charge on any atom is -0.493 e. The zero-order chi connectivity index (χ0) is 21.6. The number of carbonyl (C=O) groups is 3. The summed E-state index contributed by atoms with van der Waals surface area (Å²) in [5, 5.41) is 12.8. The zero-order valence-electron chi connectivity index (χ0n) is 15.3. The Kier molecular flexibility index (Phi) is 6.80. The van der Waals surface area contributed by atoms with Gasteiger partial charge in [0.1, 0.15) is 11.4 Å². The summed E-state index contributed by atoms with van der Waals surface area (Å²) in [5.41, 5.74) is -1.20. The van der Waals surface area contributed by atoms with Gasteiger partial charge in [0.15, 0.2) is 24.4 Å². The summed E-state index contributed by atoms with van der Waals surface area (Å²) < 4.78 is 28.7. The van der Waals surface area contributed by atoms with E-state index in [1.54, 1.807) is 0 Å². The standard InChI is InChI=1S/C18H15FN2O8/c1-27-14-6-3-10(8-22)16(17(14)28-2)18(24)29-9-15(23)20-13-7-11(21(25)26)4-5-12(13)19/h3-8H,9H2,1-2H3,(H,20,23). The van der Waals surface area contributed by atoms with Crippen molar-refractivity contribution in [2.24, 2.45) is 0 Å². The molecule has 0 heterocycles. The molecule has 2 aromatic rings. The van der Waals surface area contributed by atoms with Crippen molar-refractivity contribution in [1.82, 2.24) is 0 Å². The van der Waals surface area contributed by atoms with E-state index in [1.165, 1.54) is 26.4 Å². The number of esters is 1. The van der Waals surface area contributed by atoms with Gasteiger partial charge >= 0.3 is 5.97 Å². The third-order valence-corrected chi connectivity index (χ3v) is 3.68. The molecule has 10 nitrogen and oxygen atoms in total. The van der Waals surface area contributed by atoms with Gasteiger partial charge in [-0.3, -0.25) is 19.7 Å². The number of anilines is 1. The number of halogens is 1. The van der Waals surface area contributed by atoms with Crippen LogP contribution in [-0.4, -0.2) is 43.9 Å². The van der Waals surface area contributed by atoms with Crippen LogP contribution in [0.4, 0.5) is 15.8 Å². The predicted octanol–water partition coefficient (Wildman–Crippen LogP) is 2.36. The molecule has 0 atom stereocenters. The highest BCUT2D eigenvalue weighted by molar-refractivity contribution is 6.03. The molecule has 2 rings (SSSR count). The predicted molar refractivity (Wildman–Crippen MR) is 96.9 cm³/mol. The second-order valence-electron chi connectivity index (χ2n) is 5.43. The van der Waals surface area contributed by atoms with Crippen LogP contribution in [0.3, 0.4) is 0 Å². The van der Waals surface area contributed by atoms with E-state index in [1.807, 2.05) is 0 Å². The number of nitrogens with zero attached hydrogens (tertiary/aromatic N) is 1. The van der Waals surface area contributed by atoms with Crippen molar-refractivity contribution in [3.63, 3.8) is 0 Å². The zero-order valence-corrected chi connectivity index (χ0v) is 15.3. The maximum atomic E-state index is 13.7. The first-order valence-corrected chi connectivity index (χ1v) is 7.93. The molecule has 0 bridgehead atoms. The van der Waals surface area contributed by atoms with Crippen molar-refractivity contribution >= 4 is 29.5 Å². The maximum Gasteiger partial charge on any atom is 0.343 e. The van der Waals surface area contributed by atoms with Crippen LogP contribution in [-0.2, 0) is 9.53 Å². The summed E-state index contributed by atoms with van der Waals surface area (Å²) >= 11 is 0. The number of nitro groups is 1. The molecule has 0 aliphatic carbocycles. The van der Waals surface area contributed by atoms with Crippen molar-refractivity contribution < 1.29 is 37.9 Å². The molecule has 1 amide bonds. The molecular weight excluding hydrogens is 391 g/mol. The molecule has 0 fully saturated rings. The van der Waals surface area contributed by atoms with E-state index in [0.29, 0.717) is 6.29 Å². The van der Waals surface area contributed by atoms with Crippen LogP contribution in [0.1, 0.15) is 20.7 Å². The van der Waals surface area contributed by atoms with Crippen LogP contribution in [0, 0.1) is 15.9 Å². The quantitative estimate of drug-likeness (QED) is 0.306. The van der Waals surface area contributed by atoms with E-state index in [2.05, 4.69) is 5.32 Å². The summed E-state index contributed by atoms with van der Waals surface area (Å²) in [6.07, 6.45) is 0.400. The lowest BCUT2D eigenvalue weighted by Gasteiger charge is -2.14. The Morgan fingerprint density at radius 1 is 1.21 bits per heavy atom. The van der Waals surface area contributed by atoms with Crippen molar-refractivity contribution in [3.05, 3.63) is 57.4 Å². The van der Waals surface area contributed by atoms with Gasteiger partial charge in [-0.05, 0) is 18.2 Å². The molecule has 0 saturated heterocycles. The number of carbonyl (C=O) groups excluding carboxylic acids is 3. The van der Waals surface area contributed by atoms with Gasteiger partial charge in [-0.1, -0.05) is 0 Å². The van der Waals surface area contributed by atoms with E-state index >= 15 is 0 Å². The van der Waals surface area contributed by atoms with Crippen LogP contribution >= 0.6 is 0 Å². The Morgan fingerprint density at radius 2 is 1.93 bits per heavy atom. The van der Waals surface area contributed by atoms with E-state index in [4.69, 9.17) is 14.2 Å². The van der Waals surface area contributed by atoms with Gasteiger partial charge in [-0.15, -0.1) is 0 Å². The number of hydrogen-bond acceptors (Lipinski definition) is 8. The first-order chi connectivity index (χ1) is 13.8. The molecule has 152 valence electrons. The third-order valence-electron chi connectivity index (χ3n) is 3.68. The lowest BCUT2D eigenvalue weighted by molar-refractivity contribution is -0.384. The van der Waals surface area contributed by atoms with Gasteiger partial charge in [0, 0.05) is 17.7 Å². The highest BCUT2D eigenvalue weighted by Crippen LogP contribution is 2.33. The van der Waals surface area contributed by atoms with Crippen LogP contribution in [0.5, 0.6) is 11.5 Å². The molecule has 0 saturated carbocycles. The molecule has 2 aromatic carbocycles. The number of rotatable bonds is 8. The molecule has 1 N–H and O–H groups in total. The number of benzene rings is 2. The minimum atomic E-state index is -1.06. The molecule has 11 heteroatoms. The maximum absolute atomic E-state index is 13.7. The summed E-state index contributed by atoms with van der Waals surface area (Å²) in [5.74, 6) is -2.82. The van der Waals surface area contributed by atoms with Crippen molar-refractivity contribution in [3.8, 4) is 11.5 Å². The first-order valence-electron chi connectivity index (χ1n) is 7.93. The fourth-order valence-corrected chi connectivity index (χ4v) is 2.36. The van der Waals surface area contributed by atoms with Gasteiger partial charge in [-0.25, -0.2) is 9.18 Å². The molecule has 0 aliphatic heterocycles. The third kappa shape index (κ3) is 4.83. The molecule has 0 aromatic heterocycles. The lowest BCUT2D eigenvalue weighted by Crippen LogP contribution is -2.22. The number of hydrogen-bond donors (Lipinski definition) is 1. The Balaban J connectivity index is 2.16. The van der Waals surface area contributed by atoms with Crippen molar-refractivity contribution in [2.45, 2.75) is 0 Å². The van der Waals surface area contributed by atoms with Gasteiger partial charge in [-0.2, -0.15) is 0 Å². The number of nitro benzene ring substituents is 1. The number of aldehydes is 1.